The molecule has 1 fully saturated rings. The van der Waals surface area contributed by atoms with Gasteiger partial charge in [-0.2, -0.15) is 9.36 Å². The highest BCUT2D eigenvalue weighted by molar-refractivity contribution is 7.09. The monoisotopic (exact) mass is 213 g/mol. The Balaban J connectivity index is 1.90. The maximum Gasteiger partial charge on any atom is 0.233 e. The number of likely N-dealkylation sites (N-methyl/N-ethyl adjacent to an activating group) is 1. The van der Waals surface area contributed by atoms with Gasteiger partial charge in [-0.25, -0.2) is 0 Å². The van der Waals surface area contributed by atoms with Gasteiger partial charge in [-0.15, -0.1) is 0 Å². The molecule has 0 amide bonds. The van der Waals surface area contributed by atoms with E-state index >= 15 is 0 Å². The van der Waals surface area contributed by atoms with Crippen LogP contribution in [0.15, 0.2) is 0 Å². The first kappa shape index (κ1) is 9.67. The molecule has 2 heterocycles. The maximum atomic E-state index is 5.45. The van der Waals surface area contributed by atoms with Crippen molar-refractivity contribution >= 4 is 22.6 Å². The molecule has 3 N–H and O–H groups in total. The number of likely N-dealkylation sites (tertiary alicyclic amines) is 1. The number of nitrogens with two attached hydrogens (primary N) is 1. The number of aromatic nitrogens is 2. The molecule has 1 aliphatic rings. The van der Waals surface area contributed by atoms with Crippen LogP contribution in [-0.4, -0.2) is 40.4 Å². The van der Waals surface area contributed by atoms with Crippen molar-refractivity contribution in [3.63, 3.8) is 0 Å². The lowest BCUT2D eigenvalue weighted by Gasteiger charge is -2.29. The van der Waals surface area contributed by atoms with Crippen molar-refractivity contribution in [1.29, 1.82) is 0 Å². The van der Waals surface area contributed by atoms with Gasteiger partial charge in [0, 0.05) is 24.1 Å². The van der Waals surface area contributed by atoms with Crippen molar-refractivity contribution in [2.45, 2.75) is 18.9 Å². The SMILES string of the molecule is CN1CCCC(Nc2nc(N)ns2)C1. The Kier molecular flexibility index (Phi) is 2.83. The largest absolute Gasteiger partial charge is 0.367 e. The van der Waals surface area contributed by atoms with Crippen molar-refractivity contribution in [2.75, 3.05) is 31.2 Å². The molecule has 0 aromatic carbocycles. The van der Waals surface area contributed by atoms with E-state index in [2.05, 4.69) is 26.6 Å². The minimum Gasteiger partial charge on any atom is -0.367 e. The molecule has 6 heteroatoms. The summed E-state index contributed by atoms with van der Waals surface area (Å²) in [5.41, 5.74) is 5.45. The molecule has 2 rings (SSSR count). The zero-order valence-corrected chi connectivity index (χ0v) is 9.05. The average Bonchev–Trinajstić information content (AvgIpc) is 2.51. The minimum absolute atomic E-state index is 0.363. The van der Waals surface area contributed by atoms with Crippen LogP contribution in [0.5, 0.6) is 0 Å². The molecule has 0 radical (unpaired) electrons. The lowest BCUT2D eigenvalue weighted by molar-refractivity contribution is 0.261. The summed E-state index contributed by atoms with van der Waals surface area (Å²) in [5, 5.41) is 4.19. The third-order valence-electron chi connectivity index (χ3n) is 2.39. The predicted octanol–water partition coefficient (Wildman–Crippen LogP) is 0.626. The number of anilines is 2. The normalized spacial score (nSPS) is 23.6. The van der Waals surface area contributed by atoms with Crippen LogP contribution in [-0.2, 0) is 0 Å². The van der Waals surface area contributed by atoms with Gasteiger partial charge in [0.05, 0.1) is 0 Å². The average molecular weight is 213 g/mol. The number of hydrogen-bond acceptors (Lipinski definition) is 6. The fourth-order valence-corrected chi connectivity index (χ4v) is 2.33. The quantitative estimate of drug-likeness (QED) is 0.754. The van der Waals surface area contributed by atoms with Crippen molar-refractivity contribution in [2.24, 2.45) is 0 Å². The number of nitrogens with zero attached hydrogens (tertiary/aromatic N) is 3. The predicted molar refractivity (Wildman–Crippen MR) is 58.5 cm³/mol. The van der Waals surface area contributed by atoms with Crippen LogP contribution >= 0.6 is 11.5 Å². The van der Waals surface area contributed by atoms with E-state index in [4.69, 9.17) is 5.73 Å². The molecule has 14 heavy (non-hydrogen) atoms. The fourth-order valence-electron chi connectivity index (χ4n) is 1.75. The summed E-state index contributed by atoms with van der Waals surface area (Å²) in [5.74, 6) is 0.363. The van der Waals surface area contributed by atoms with Gasteiger partial charge in [0.1, 0.15) is 0 Å². The van der Waals surface area contributed by atoms with Gasteiger partial charge in [-0.3, -0.25) is 0 Å². The molecule has 1 aromatic rings. The Morgan fingerprint density at radius 2 is 2.50 bits per heavy atom. The molecular weight excluding hydrogens is 198 g/mol. The van der Waals surface area contributed by atoms with Crippen molar-refractivity contribution in [3.05, 3.63) is 0 Å². The number of piperidine rings is 1. The number of rotatable bonds is 2. The van der Waals surface area contributed by atoms with Crippen LogP contribution in [0.3, 0.4) is 0 Å². The minimum atomic E-state index is 0.363. The zero-order valence-electron chi connectivity index (χ0n) is 8.23. The maximum absolute atomic E-state index is 5.45. The standard InChI is InChI=1S/C8H15N5S/c1-13-4-2-3-6(5-13)10-8-11-7(9)12-14-8/h6H,2-5H2,1H3,(H3,9,10,11,12). The van der Waals surface area contributed by atoms with Gasteiger partial charge in [0.2, 0.25) is 11.1 Å². The Hall–Kier alpha value is -0.880. The van der Waals surface area contributed by atoms with E-state index in [1.54, 1.807) is 0 Å². The first-order valence-electron chi connectivity index (χ1n) is 4.78. The molecule has 1 atom stereocenters. The summed E-state index contributed by atoms with van der Waals surface area (Å²) in [6, 6.07) is 0.487. The zero-order chi connectivity index (χ0) is 9.97. The fraction of sp³-hybridized carbons (Fsp3) is 0.750. The van der Waals surface area contributed by atoms with Crippen LogP contribution in [0.2, 0.25) is 0 Å². The Labute approximate surface area is 87.5 Å². The summed E-state index contributed by atoms with van der Waals surface area (Å²) >= 11 is 1.33. The molecular formula is C8H15N5S. The number of hydrogen-bond donors (Lipinski definition) is 2. The topological polar surface area (TPSA) is 67.1 Å². The van der Waals surface area contributed by atoms with Crippen LogP contribution in [0, 0.1) is 0 Å². The van der Waals surface area contributed by atoms with E-state index < -0.39 is 0 Å². The highest BCUT2D eigenvalue weighted by Crippen LogP contribution is 2.17. The van der Waals surface area contributed by atoms with Crippen LogP contribution in [0.25, 0.3) is 0 Å². The van der Waals surface area contributed by atoms with Crippen molar-refractivity contribution < 1.29 is 0 Å². The summed E-state index contributed by atoms with van der Waals surface area (Å²) in [6.45, 7) is 2.26. The first-order valence-corrected chi connectivity index (χ1v) is 5.55. The van der Waals surface area contributed by atoms with Gasteiger partial charge in [-0.1, -0.05) is 0 Å². The smallest absolute Gasteiger partial charge is 0.233 e. The Bertz CT molecular complexity index is 300. The molecule has 1 aliphatic heterocycles. The van der Waals surface area contributed by atoms with E-state index in [-0.39, 0.29) is 0 Å². The van der Waals surface area contributed by atoms with Gasteiger partial charge < -0.3 is 16.0 Å². The van der Waals surface area contributed by atoms with Crippen LogP contribution < -0.4 is 11.1 Å². The van der Waals surface area contributed by atoms with Gasteiger partial charge in [0.15, 0.2) is 0 Å². The molecule has 78 valence electrons. The molecule has 1 aromatic heterocycles. The molecule has 0 spiro atoms. The number of nitrogens with one attached hydrogen (secondary N) is 1. The summed E-state index contributed by atoms with van der Waals surface area (Å²) in [7, 11) is 2.14. The van der Waals surface area contributed by atoms with Crippen LogP contribution in [0.4, 0.5) is 11.1 Å². The van der Waals surface area contributed by atoms with E-state index in [9.17, 15) is 0 Å². The van der Waals surface area contributed by atoms with E-state index in [1.165, 1.54) is 30.9 Å². The second-order valence-corrected chi connectivity index (χ2v) is 4.46. The highest BCUT2D eigenvalue weighted by Gasteiger charge is 2.17. The Morgan fingerprint density at radius 1 is 1.64 bits per heavy atom. The second kappa shape index (κ2) is 4.10. The van der Waals surface area contributed by atoms with Gasteiger partial charge in [-0.05, 0) is 26.4 Å². The van der Waals surface area contributed by atoms with Crippen molar-refractivity contribution in [3.8, 4) is 0 Å². The Morgan fingerprint density at radius 3 is 3.14 bits per heavy atom. The van der Waals surface area contributed by atoms with Gasteiger partial charge >= 0.3 is 0 Å². The summed E-state index contributed by atoms with van der Waals surface area (Å²) in [6.07, 6.45) is 2.44. The number of nitrogen functional groups attached to an aromatic ring is 1. The van der Waals surface area contributed by atoms with E-state index in [1.807, 2.05) is 0 Å². The molecule has 1 unspecified atom stereocenters. The molecule has 0 bridgehead atoms. The molecule has 0 saturated carbocycles. The second-order valence-electron chi connectivity index (χ2n) is 3.70. The summed E-state index contributed by atoms with van der Waals surface area (Å²) < 4.78 is 3.93. The van der Waals surface area contributed by atoms with E-state index in [0.29, 0.717) is 12.0 Å². The van der Waals surface area contributed by atoms with Gasteiger partial charge in [0.25, 0.3) is 0 Å². The molecule has 5 nitrogen and oxygen atoms in total. The highest BCUT2D eigenvalue weighted by atomic mass is 32.1. The van der Waals surface area contributed by atoms with Crippen LogP contribution in [0.1, 0.15) is 12.8 Å². The lowest BCUT2D eigenvalue weighted by Crippen LogP contribution is -2.39. The lowest BCUT2D eigenvalue weighted by atomic mass is 10.1. The first-order chi connectivity index (χ1) is 6.74. The van der Waals surface area contributed by atoms with Crippen molar-refractivity contribution in [1.82, 2.24) is 14.3 Å². The van der Waals surface area contributed by atoms with E-state index in [0.717, 1.165) is 11.7 Å². The third kappa shape index (κ3) is 2.33. The third-order valence-corrected chi connectivity index (χ3v) is 3.05. The molecule has 1 saturated heterocycles. The summed E-state index contributed by atoms with van der Waals surface area (Å²) in [4.78, 5) is 6.41. The molecule has 0 aliphatic carbocycles.